The Bertz CT molecular complexity index is 853. The summed E-state index contributed by atoms with van der Waals surface area (Å²) in [4.78, 5) is 32.7. The molecule has 10 nitrogen and oxygen atoms in total. The number of nitrogens with zero attached hydrogens (tertiary/aromatic N) is 3. The number of hydrogen-bond donors (Lipinski definition) is 1. The summed E-state index contributed by atoms with van der Waals surface area (Å²) in [7, 11) is 0. The molecule has 0 aliphatic carbocycles. The fraction of sp³-hybridized carbons (Fsp3) is 0.294. The molecule has 1 fully saturated rings. The van der Waals surface area contributed by atoms with Crippen LogP contribution in [0.4, 0.5) is 5.69 Å². The number of benzene rings is 1. The average molecular weight is 374 g/mol. The van der Waals surface area contributed by atoms with Crippen molar-refractivity contribution in [3.05, 3.63) is 80.1 Å². The zero-order valence-electron chi connectivity index (χ0n) is 14.4. The number of nitro benzene ring substituents is 1. The zero-order chi connectivity index (χ0) is 18.8. The lowest BCUT2D eigenvalue weighted by Gasteiger charge is -2.11. The average Bonchev–Trinajstić information content (AvgIpc) is 2.90. The van der Waals surface area contributed by atoms with Gasteiger partial charge in [0.05, 0.1) is 11.0 Å². The van der Waals surface area contributed by atoms with Gasteiger partial charge >= 0.3 is 11.9 Å². The molecule has 10 heteroatoms. The molecule has 1 aliphatic rings. The van der Waals surface area contributed by atoms with Crippen molar-refractivity contribution in [2.24, 2.45) is 0 Å². The monoisotopic (exact) mass is 374 g/mol. The molecule has 3 atom stereocenters. The van der Waals surface area contributed by atoms with Crippen molar-refractivity contribution in [2.75, 3.05) is 0 Å². The van der Waals surface area contributed by atoms with Gasteiger partial charge in [0.2, 0.25) is 0 Å². The molecule has 2 N–H and O–H groups in total. The number of aromatic nitrogens is 1. The Labute approximate surface area is 154 Å². The Morgan fingerprint density at radius 2 is 1.59 bits per heavy atom. The molecule has 0 saturated carbocycles. The zero-order valence-corrected chi connectivity index (χ0v) is 14.4. The van der Waals surface area contributed by atoms with Crippen molar-refractivity contribution in [3.8, 4) is 0 Å². The highest BCUT2D eigenvalue weighted by atomic mass is 16.6. The summed E-state index contributed by atoms with van der Waals surface area (Å²) in [6.07, 6.45) is 4.02. The van der Waals surface area contributed by atoms with Crippen LogP contribution in [0.1, 0.15) is 24.1 Å². The van der Waals surface area contributed by atoms with Crippen LogP contribution >= 0.6 is 0 Å². The summed E-state index contributed by atoms with van der Waals surface area (Å²) in [6.45, 7) is 1.74. The lowest BCUT2D eigenvalue weighted by atomic mass is 10.0. The minimum Gasteiger partial charge on any atom is -0.870 e. The van der Waals surface area contributed by atoms with E-state index in [-0.39, 0.29) is 17.2 Å². The summed E-state index contributed by atoms with van der Waals surface area (Å²) >= 11 is 0. The molecule has 1 aliphatic heterocycles. The molecular formula is C17H18N4O6. The Morgan fingerprint density at radius 1 is 1.04 bits per heavy atom. The van der Waals surface area contributed by atoms with Gasteiger partial charge in [-0.1, -0.05) is 12.1 Å². The van der Waals surface area contributed by atoms with Gasteiger partial charge in [0.15, 0.2) is 12.4 Å². The molecule has 3 unspecified atom stereocenters. The van der Waals surface area contributed by atoms with Crippen LogP contribution in [0.15, 0.2) is 48.8 Å². The smallest absolute Gasteiger partial charge is 0.351 e. The topological polar surface area (TPSA) is 149 Å². The molecule has 0 radical (unpaired) electrons. The summed E-state index contributed by atoms with van der Waals surface area (Å²) < 4.78 is 1.68. The highest BCUT2D eigenvalue weighted by Gasteiger charge is 2.54. The van der Waals surface area contributed by atoms with E-state index in [0.29, 0.717) is 6.42 Å². The largest absolute Gasteiger partial charge is 0.870 e. The van der Waals surface area contributed by atoms with Gasteiger partial charge in [0, 0.05) is 29.2 Å². The molecular weight excluding hydrogens is 356 g/mol. The van der Waals surface area contributed by atoms with E-state index in [4.69, 9.17) is 0 Å². The Morgan fingerprint density at radius 3 is 2.11 bits per heavy atom. The fourth-order valence-corrected chi connectivity index (χ4v) is 3.22. The molecule has 1 aromatic heterocycles. The van der Waals surface area contributed by atoms with Crippen molar-refractivity contribution in [3.63, 3.8) is 0 Å². The normalized spacial score (nSPS) is 21.2. The second-order valence-electron chi connectivity index (χ2n) is 6.27. The summed E-state index contributed by atoms with van der Waals surface area (Å²) in [5.74, 6) is -0.574. The number of amides is 1. The van der Waals surface area contributed by atoms with E-state index in [9.17, 15) is 25.0 Å². The molecule has 27 heavy (non-hydrogen) atoms. The molecule has 0 spiro atoms. The summed E-state index contributed by atoms with van der Waals surface area (Å²) in [6, 6.07) is 7.72. The minimum atomic E-state index is -1.31. The number of carbonyl (C=O) groups is 1. The maximum Gasteiger partial charge on any atom is 0.351 e. The molecule has 0 bridgehead atoms. The van der Waals surface area contributed by atoms with E-state index in [1.54, 1.807) is 36.0 Å². The molecule has 142 valence electrons. The number of nitro groups is 2. The van der Waals surface area contributed by atoms with Crippen LogP contribution in [-0.4, -0.2) is 33.3 Å². The summed E-state index contributed by atoms with van der Waals surface area (Å²) in [5, 5.41) is 24.5. The van der Waals surface area contributed by atoms with Crippen molar-refractivity contribution < 1.29 is 24.7 Å². The van der Waals surface area contributed by atoms with E-state index in [1.807, 2.05) is 12.1 Å². The molecule has 2 heterocycles. The molecule has 1 amide bonds. The van der Waals surface area contributed by atoms with Crippen molar-refractivity contribution in [1.29, 1.82) is 0 Å². The maximum atomic E-state index is 11.8. The second-order valence-corrected chi connectivity index (χ2v) is 6.27. The molecule has 3 rings (SSSR count). The van der Waals surface area contributed by atoms with Gasteiger partial charge in [0.25, 0.3) is 11.7 Å². The van der Waals surface area contributed by atoms with Crippen molar-refractivity contribution >= 4 is 11.6 Å². The van der Waals surface area contributed by atoms with Crippen LogP contribution in [0.25, 0.3) is 0 Å². The predicted molar refractivity (Wildman–Crippen MR) is 91.9 cm³/mol. The van der Waals surface area contributed by atoms with Gasteiger partial charge in [0.1, 0.15) is 0 Å². The van der Waals surface area contributed by atoms with Crippen LogP contribution in [0.3, 0.4) is 0 Å². The summed E-state index contributed by atoms with van der Waals surface area (Å²) in [5.41, 5.74) is 1.91. The standard InChI is InChI=1S/C17H16N4O5.H2O/c1-11-15(16(21(25)26)17(22)18-11)19-8-6-13(7-9-19)10-12-2-4-14(5-3-12)20(23)24;/h2-9,11,15-16H,10H2,1H3;1H2. The van der Waals surface area contributed by atoms with Gasteiger partial charge in [-0.15, -0.1) is 0 Å². The highest BCUT2D eigenvalue weighted by molar-refractivity contribution is 5.83. The number of nitrogens with one attached hydrogen (secondary N) is 1. The van der Waals surface area contributed by atoms with Crippen molar-refractivity contribution in [2.45, 2.75) is 31.5 Å². The first-order valence-electron chi connectivity index (χ1n) is 8.03. The van der Waals surface area contributed by atoms with Crippen LogP contribution in [0.2, 0.25) is 0 Å². The van der Waals surface area contributed by atoms with Gasteiger partial charge in [-0.05, 0) is 24.5 Å². The Hall–Kier alpha value is -3.40. The number of pyridine rings is 1. The van der Waals surface area contributed by atoms with E-state index >= 15 is 0 Å². The van der Waals surface area contributed by atoms with Crippen LogP contribution in [0, 0.1) is 20.2 Å². The van der Waals surface area contributed by atoms with E-state index in [0.717, 1.165) is 11.1 Å². The van der Waals surface area contributed by atoms with Gasteiger partial charge in [-0.2, -0.15) is 4.57 Å². The van der Waals surface area contributed by atoms with Crippen LogP contribution in [-0.2, 0) is 11.2 Å². The number of carbonyl (C=O) groups excluding carboxylic acids is 1. The number of non-ortho nitro benzene ring substituents is 1. The third kappa shape index (κ3) is 4.06. The minimum absolute atomic E-state index is 0. The second kappa shape index (κ2) is 7.87. The van der Waals surface area contributed by atoms with Crippen LogP contribution < -0.4 is 9.88 Å². The quantitative estimate of drug-likeness (QED) is 0.469. The lowest BCUT2D eigenvalue weighted by molar-refractivity contribution is -0.751. The highest BCUT2D eigenvalue weighted by Crippen LogP contribution is 2.20. The third-order valence-electron chi connectivity index (χ3n) is 4.52. The molecule has 1 saturated heterocycles. The van der Waals surface area contributed by atoms with E-state index < -0.39 is 27.8 Å². The first-order valence-corrected chi connectivity index (χ1v) is 8.03. The van der Waals surface area contributed by atoms with Gasteiger partial charge < -0.3 is 10.8 Å². The SMILES string of the molecule is CC1NC(=O)C([N+](=O)[O-])C1[n+]1ccc(Cc2ccc([N+](=O)[O-])cc2)cc1.[OH-]. The maximum absolute atomic E-state index is 11.8. The Kier molecular flexibility index (Phi) is 5.81. The van der Waals surface area contributed by atoms with E-state index in [2.05, 4.69) is 5.32 Å². The van der Waals surface area contributed by atoms with Crippen LogP contribution in [0.5, 0.6) is 0 Å². The number of rotatable bonds is 5. The third-order valence-corrected chi connectivity index (χ3v) is 4.52. The molecule has 2 aromatic rings. The first kappa shape index (κ1) is 19.9. The number of hydrogen-bond acceptors (Lipinski definition) is 6. The predicted octanol–water partition coefficient (Wildman–Crippen LogP) is 1.00. The molecule has 1 aromatic carbocycles. The van der Waals surface area contributed by atoms with Gasteiger partial charge in [-0.25, -0.2) is 0 Å². The van der Waals surface area contributed by atoms with Gasteiger partial charge in [-0.3, -0.25) is 25.0 Å². The first-order chi connectivity index (χ1) is 12.4. The van der Waals surface area contributed by atoms with E-state index in [1.165, 1.54) is 12.1 Å². The fourth-order valence-electron chi connectivity index (χ4n) is 3.22. The van der Waals surface area contributed by atoms with Crippen molar-refractivity contribution in [1.82, 2.24) is 5.32 Å². The lowest BCUT2D eigenvalue weighted by Crippen LogP contribution is -2.50. The Balaban J connectivity index is 0.00000261.